The highest BCUT2D eigenvalue weighted by molar-refractivity contribution is 6.88. The van der Waals surface area contributed by atoms with Gasteiger partial charge in [0.2, 0.25) is 0 Å². The van der Waals surface area contributed by atoms with Crippen LogP contribution in [0.5, 0.6) is 0 Å². The number of H-pyrrole nitrogens is 1. The smallest absolute Gasteiger partial charge is 0.277 e. The molecule has 0 aliphatic heterocycles. The average molecular weight is 260 g/mol. The molecule has 1 aromatic heterocycles. The van der Waals surface area contributed by atoms with Gasteiger partial charge in [0.05, 0.1) is 18.6 Å². The van der Waals surface area contributed by atoms with Gasteiger partial charge >= 0.3 is 0 Å². The maximum absolute atomic E-state index is 11.0. The minimum absolute atomic E-state index is 0.152. The summed E-state index contributed by atoms with van der Waals surface area (Å²) in [7, 11) is -1.42. The van der Waals surface area contributed by atoms with E-state index in [0.717, 1.165) is 5.56 Å². The molecule has 4 nitrogen and oxygen atoms in total. The molecule has 94 valence electrons. The lowest BCUT2D eigenvalue weighted by atomic mass is 10.1. The second kappa shape index (κ2) is 4.42. The average Bonchev–Trinajstić information content (AvgIpc) is 2.77. The van der Waals surface area contributed by atoms with Crippen molar-refractivity contribution < 1.29 is 4.92 Å². The van der Waals surface area contributed by atoms with Crippen molar-refractivity contribution in [3.63, 3.8) is 0 Å². The van der Waals surface area contributed by atoms with Gasteiger partial charge in [-0.3, -0.25) is 10.1 Å². The van der Waals surface area contributed by atoms with E-state index in [4.69, 9.17) is 0 Å². The highest BCUT2D eigenvalue weighted by atomic mass is 28.3. The van der Waals surface area contributed by atoms with E-state index in [1.807, 2.05) is 18.3 Å². The van der Waals surface area contributed by atoms with Crippen LogP contribution >= 0.6 is 0 Å². The number of nitro groups is 1. The normalized spacial score (nSPS) is 11.5. The molecule has 0 saturated carbocycles. The lowest BCUT2D eigenvalue weighted by Gasteiger charge is -2.12. The van der Waals surface area contributed by atoms with E-state index in [1.165, 1.54) is 11.4 Å². The Morgan fingerprint density at radius 1 is 1.22 bits per heavy atom. The predicted molar refractivity (Wildman–Crippen MR) is 75.9 cm³/mol. The first-order chi connectivity index (χ1) is 8.39. The zero-order chi connectivity index (χ0) is 13.3. The van der Waals surface area contributed by atoms with Crippen molar-refractivity contribution in [3.05, 3.63) is 46.6 Å². The largest absolute Gasteiger partial charge is 0.368 e. The van der Waals surface area contributed by atoms with Crippen molar-refractivity contribution in [1.29, 1.82) is 0 Å². The summed E-state index contributed by atoms with van der Waals surface area (Å²) < 4.78 is 0. The van der Waals surface area contributed by atoms with Crippen LogP contribution in [0.4, 0.5) is 5.69 Å². The second-order valence-electron chi connectivity index (χ2n) is 5.33. The summed E-state index contributed by atoms with van der Waals surface area (Å²) in [6.45, 7) is 6.71. The maximum Gasteiger partial charge on any atom is 0.277 e. The van der Waals surface area contributed by atoms with E-state index >= 15 is 0 Å². The SMILES string of the molecule is C[Si](C)(C)c1cc(-c2ccccc2[N+](=O)[O-])c[nH]1. The van der Waals surface area contributed by atoms with Gasteiger partial charge in [-0.15, -0.1) is 0 Å². The van der Waals surface area contributed by atoms with E-state index in [9.17, 15) is 10.1 Å². The fourth-order valence-corrected chi connectivity index (χ4v) is 2.95. The quantitative estimate of drug-likeness (QED) is 0.523. The Morgan fingerprint density at radius 2 is 1.89 bits per heavy atom. The third-order valence-electron chi connectivity index (χ3n) is 2.90. The number of hydrogen-bond donors (Lipinski definition) is 1. The highest BCUT2D eigenvalue weighted by Gasteiger charge is 2.21. The fourth-order valence-electron chi connectivity index (χ4n) is 1.86. The van der Waals surface area contributed by atoms with E-state index < -0.39 is 8.07 Å². The minimum atomic E-state index is -1.42. The molecule has 0 aliphatic rings. The molecule has 2 rings (SSSR count). The number of nitro benzene ring substituents is 1. The molecule has 1 N–H and O–H groups in total. The van der Waals surface area contributed by atoms with Crippen molar-refractivity contribution in [2.45, 2.75) is 19.6 Å². The molecule has 0 radical (unpaired) electrons. The van der Waals surface area contributed by atoms with E-state index in [2.05, 4.69) is 24.6 Å². The number of rotatable bonds is 3. The van der Waals surface area contributed by atoms with Crippen LogP contribution in [-0.4, -0.2) is 18.0 Å². The van der Waals surface area contributed by atoms with Gasteiger partial charge in [-0.2, -0.15) is 0 Å². The van der Waals surface area contributed by atoms with Gasteiger partial charge in [-0.05, 0) is 17.4 Å². The Labute approximate surface area is 107 Å². The summed E-state index contributed by atoms with van der Waals surface area (Å²) in [5.41, 5.74) is 1.71. The summed E-state index contributed by atoms with van der Waals surface area (Å²) in [6, 6.07) is 8.87. The van der Waals surface area contributed by atoms with Gasteiger partial charge < -0.3 is 4.98 Å². The molecule has 5 heteroatoms. The Hall–Kier alpha value is -1.88. The van der Waals surface area contributed by atoms with Crippen LogP contribution in [0.2, 0.25) is 19.6 Å². The first-order valence-electron chi connectivity index (χ1n) is 5.82. The van der Waals surface area contributed by atoms with Gasteiger partial charge in [0.25, 0.3) is 5.69 Å². The summed E-state index contributed by atoms with van der Waals surface area (Å²) in [6.07, 6.45) is 1.86. The van der Waals surface area contributed by atoms with Gasteiger partial charge in [-0.1, -0.05) is 31.8 Å². The number of nitrogens with one attached hydrogen (secondary N) is 1. The monoisotopic (exact) mass is 260 g/mol. The van der Waals surface area contributed by atoms with Crippen LogP contribution in [-0.2, 0) is 0 Å². The Morgan fingerprint density at radius 3 is 2.44 bits per heavy atom. The van der Waals surface area contributed by atoms with E-state index in [0.29, 0.717) is 5.56 Å². The van der Waals surface area contributed by atoms with Crippen LogP contribution in [0.1, 0.15) is 0 Å². The Bertz CT molecular complexity index is 585. The van der Waals surface area contributed by atoms with Gasteiger partial charge in [-0.25, -0.2) is 0 Å². The van der Waals surface area contributed by atoms with Gasteiger partial charge in [0.15, 0.2) is 0 Å². The van der Waals surface area contributed by atoms with Crippen molar-refractivity contribution in [1.82, 2.24) is 4.98 Å². The number of hydrogen-bond acceptors (Lipinski definition) is 2. The molecule has 18 heavy (non-hydrogen) atoms. The van der Waals surface area contributed by atoms with Crippen molar-refractivity contribution in [3.8, 4) is 11.1 Å². The molecule has 0 amide bonds. The number of benzene rings is 1. The third-order valence-corrected chi connectivity index (χ3v) is 4.81. The zero-order valence-electron chi connectivity index (χ0n) is 10.7. The minimum Gasteiger partial charge on any atom is -0.368 e. The molecule has 0 atom stereocenters. The molecule has 0 fully saturated rings. The van der Waals surface area contributed by atoms with E-state index in [1.54, 1.807) is 12.1 Å². The fraction of sp³-hybridized carbons (Fsp3) is 0.231. The first-order valence-corrected chi connectivity index (χ1v) is 9.32. The second-order valence-corrected chi connectivity index (χ2v) is 10.4. The molecule has 0 spiro atoms. The van der Waals surface area contributed by atoms with Gasteiger partial charge in [0, 0.05) is 17.8 Å². The van der Waals surface area contributed by atoms with Crippen LogP contribution in [0.15, 0.2) is 36.5 Å². The summed E-state index contributed by atoms with van der Waals surface area (Å²) in [5.74, 6) is 0. The first kappa shape index (κ1) is 12.6. The molecule has 1 heterocycles. The van der Waals surface area contributed by atoms with Crippen LogP contribution in [0.25, 0.3) is 11.1 Å². The van der Waals surface area contributed by atoms with Crippen molar-refractivity contribution in [2.24, 2.45) is 0 Å². The summed E-state index contributed by atoms with van der Waals surface area (Å²) >= 11 is 0. The molecule has 0 unspecified atom stereocenters. The molecule has 0 saturated heterocycles. The van der Waals surface area contributed by atoms with Crippen LogP contribution < -0.4 is 5.32 Å². The molecule has 1 aromatic carbocycles. The standard InChI is InChI=1S/C13H16N2O2Si/c1-18(2,3)13-8-10(9-14-13)11-6-4-5-7-12(11)15(16)17/h4-9,14H,1-3H3. The summed E-state index contributed by atoms with van der Waals surface area (Å²) in [4.78, 5) is 13.9. The third kappa shape index (κ3) is 2.35. The van der Waals surface area contributed by atoms with Gasteiger partial charge in [0.1, 0.15) is 0 Å². The molecule has 2 aromatic rings. The zero-order valence-corrected chi connectivity index (χ0v) is 11.7. The van der Waals surface area contributed by atoms with Crippen molar-refractivity contribution >= 4 is 19.1 Å². The lowest BCUT2D eigenvalue weighted by Crippen LogP contribution is -2.38. The van der Waals surface area contributed by atoms with Crippen LogP contribution in [0, 0.1) is 10.1 Å². The summed E-state index contributed by atoms with van der Waals surface area (Å²) in [5, 5.41) is 12.2. The van der Waals surface area contributed by atoms with Crippen molar-refractivity contribution in [2.75, 3.05) is 0 Å². The molecule has 0 bridgehead atoms. The predicted octanol–water partition coefficient (Wildman–Crippen LogP) is 3.14. The maximum atomic E-state index is 11.0. The van der Waals surface area contributed by atoms with E-state index in [-0.39, 0.29) is 10.6 Å². The molecular weight excluding hydrogens is 244 g/mol. The number of aromatic amines is 1. The number of nitrogens with zero attached hydrogens (tertiary/aromatic N) is 1. The topological polar surface area (TPSA) is 58.9 Å². The number of para-hydroxylation sites is 1. The van der Waals surface area contributed by atoms with Crippen LogP contribution in [0.3, 0.4) is 0 Å². The molecular formula is C13H16N2O2Si. The lowest BCUT2D eigenvalue weighted by molar-refractivity contribution is -0.384. The molecule has 0 aliphatic carbocycles. The highest BCUT2D eigenvalue weighted by Crippen LogP contribution is 2.28. The Kier molecular flexibility index (Phi) is 3.08. The Balaban J connectivity index is 2.50. The number of aromatic nitrogens is 1.